The van der Waals surface area contributed by atoms with E-state index in [-0.39, 0.29) is 48.5 Å². The Balaban J connectivity index is 2.15. The van der Waals surface area contributed by atoms with Crippen molar-refractivity contribution in [1.29, 1.82) is 0 Å². The number of rotatable bonds is 14. The molecule has 0 radical (unpaired) electrons. The maximum absolute atomic E-state index is 12.8. The van der Waals surface area contributed by atoms with Crippen LogP contribution in [0.5, 0.6) is 0 Å². The number of carboxylic acids is 1. The van der Waals surface area contributed by atoms with Crippen molar-refractivity contribution < 1.29 is 41.8 Å². The first-order valence-electron chi connectivity index (χ1n) is 10.5. The monoisotopic (exact) mass is 618 g/mol. The maximum Gasteiger partial charge on any atom is 0.340 e. The van der Waals surface area contributed by atoms with E-state index >= 15 is 0 Å². The van der Waals surface area contributed by atoms with E-state index in [1.165, 1.54) is 12.3 Å². The van der Waals surface area contributed by atoms with E-state index in [1.807, 2.05) is 0 Å². The Kier molecular flexibility index (Phi) is 11.8. The van der Waals surface area contributed by atoms with Gasteiger partial charge in [-0.1, -0.05) is 46.4 Å². The Hall–Kier alpha value is -2.22. The summed E-state index contributed by atoms with van der Waals surface area (Å²) in [6.45, 7) is -1.21. The van der Waals surface area contributed by atoms with Gasteiger partial charge in [-0.25, -0.2) is 13.2 Å². The third-order valence-corrected chi connectivity index (χ3v) is 6.65. The summed E-state index contributed by atoms with van der Waals surface area (Å²) in [6.07, 6.45) is 1.78. The molecular weight excluding hydrogens is 598 g/mol. The number of sulfonamides is 1. The van der Waals surface area contributed by atoms with Gasteiger partial charge in [0.2, 0.25) is 13.8 Å². The SMILES string of the molecule is O=C(O)CCCCC(=O)OCNS(=O)(=O)c1cc(C(=O)OCC(Cl)(Cl)Cl)c(NCc2ccco2)cc1Cl. The number of benzene rings is 1. The Morgan fingerprint density at radius 3 is 2.41 bits per heavy atom. The van der Waals surface area contributed by atoms with Crippen LogP contribution >= 0.6 is 46.4 Å². The van der Waals surface area contributed by atoms with Gasteiger partial charge < -0.3 is 24.3 Å². The molecule has 0 aliphatic carbocycles. The smallest absolute Gasteiger partial charge is 0.340 e. The topological polar surface area (TPSA) is 161 Å². The van der Waals surface area contributed by atoms with Crippen LogP contribution in [0.25, 0.3) is 0 Å². The predicted molar refractivity (Wildman–Crippen MR) is 135 cm³/mol. The number of furan rings is 1. The lowest BCUT2D eigenvalue weighted by Gasteiger charge is -2.16. The highest BCUT2D eigenvalue weighted by atomic mass is 35.6. The molecule has 0 aliphatic rings. The number of halogens is 4. The number of hydrogen-bond donors (Lipinski definition) is 3. The number of aliphatic carboxylic acids is 1. The molecule has 1 aromatic carbocycles. The summed E-state index contributed by atoms with van der Waals surface area (Å²) in [5, 5.41) is 11.2. The average Bonchev–Trinajstić information content (AvgIpc) is 3.32. The number of ether oxygens (including phenoxy) is 2. The molecule has 11 nitrogen and oxygen atoms in total. The first-order valence-corrected chi connectivity index (χ1v) is 13.5. The molecule has 0 atom stereocenters. The van der Waals surface area contributed by atoms with Gasteiger partial charge in [0, 0.05) is 12.8 Å². The summed E-state index contributed by atoms with van der Waals surface area (Å²) >= 11 is 23.1. The van der Waals surface area contributed by atoms with Gasteiger partial charge in [0.1, 0.15) is 17.3 Å². The van der Waals surface area contributed by atoms with Crippen molar-refractivity contribution in [3.05, 3.63) is 46.9 Å². The van der Waals surface area contributed by atoms with Crippen molar-refractivity contribution in [2.24, 2.45) is 0 Å². The molecule has 37 heavy (non-hydrogen) atoms. The number of alkyl halides is 3. The van der Waals surface area contributed by atoms with Crippen LogP contribution in [0.15, 0.2) is 39.8 Å². The van der Waals surface area contributed by atoms with E-state index in [1.54, 1.807) is 12.1 Å². The molecular formula is C21H22Cl4N2O9S. The predicted octanol–water partition coefficient (Wildman–Crippen LogP) is 4.50. The van der Waals surface area contributed by atoms with E-state index < -0.39 is 50.0 Å². The van der Waals surface area contributed by atoms with E-state index in [2.05, 4.69) is 10.0 Å². The van der Waals surface area contributed by atoms with Crippen molar-refractivity contribution in [1.82, 2.24) is 4.72 Å². The number of carboxylic acid groups (broad SMARTS) is 1. The zero-order valence-electron chi connectivity index (χ0n) is 19.0. The van der Waals surface area contributed by atoms with E-state index in [0.29, 0.717) is 5.76 Å². The molecule has 0 aliphatic heterocycles. The van der Waals surface area contributed by atoms with Crippen molar-refractivity contribution in [2.75, 3.05) is 18.7 Å². The molecule has 0 amide bonds. The summed E-state index contributed by atoms with van der Waals surface area (Å²) in [7, 11) is -4.37. The van der Waals surface area contributed by atoms with Crippen LogP contribution in [-0.2, 0) is 35.6 Å². The number of hydrogen-bond acceptors (Lipinski definition) is 9. The number of nitrogens with one attached hydrogen (secondary N) is 2. The fourth-order valence-electron chi connectivity index (χ4n) is 2.78. The maximum atomic E-state index is 12.8. The number of carbonyl (C=O) groups excluding carboxylic acids is 2. The van der Waals surface area contributed by atoms with Gasteiger partial charge >= 0.3 is 17.9 Å². The Bertz CT molecular complexity index is 1200. The van der Waals surface area contributed by atoms with Gasteiger partial charge in [0.05, 0.1) is 29.1 Å². The molecule has 1 aromatic heterocycles. The minimum Gasteiger partial charge on any atom is -0.481 e. The van der Waals surface area contributed by atoms with Crippen molar-refractivity contribution >= 4 is 80.0 Å². The molecule has 2 rings (SSSR count). The molecule has 0 fully saturated rings. The van der Waals surface area contributed by atoms with Crippen LogP contribution in [0.1, 0.15) is 41.8 Å². The highest BCUT2D eigenvalue weighted by molar-refractivity contribution is 7.89. The third-order valence-electron chi connectivity index (χ3n) is 4.49. The van der Waals surface area contributed by atoms with Crippen molar-refractivity contribution in [3.63, 3.8) is 0 Å². The van der Waals surface area contributed by atoms with Gasteiger partial charge in [-0.3, -0.25) is 9.59 Å². The Morgan fingerprint density at radius 1 is 1.08 bits per heavy atom. The molecule has 204 valence electrons. The fraction of sp³-hybridized carbons (Fsp3) is 0.381. The Labute approximate surface area is 232 Å². The lowest BCUT2D eigenvalue weighted by Crippen LogP contribution is -2.28. The molecule has 0 saturated heterocycles. The van der Waals surface area contributed by atoms with Crippen LogP contribution in [0, 0.1) is 0 Å². The standard InChI is InChI=1S/C21H22Cl4N2O9S/c22-15-9-16(26-10-13-4-3-7-34-13)14(20(31)35-11-21(23,24)25)8-17(15)37(32,33)27-12-36-19(30)6-2-1-5-18(28)29/h3-4,7-9,26-27H,1-2,5-6,10-12H2,(H,28,29). The molecule has 1 heterocycles. The second-order valence-electron chi connectivity index (χ2n) is 7.36. The lowest BCUT2D eigenvalue weighted by atomic mass is 10.1. The highest BCUT2D eigenvalue weighted by Gasteiger charge is 2.27. The van der Waals surface area contributed by atoms with Gasteiger partial charge in [-0.05, 0) is 37.1 Å². The van der Waals surface area contributed by atoms with Gasteiger partial charge in [-0.15, -0.1) is 0 Å². The van der Waals surface area contributed by atoms with E-state index in [9.17, 15) is 22.8 Å². The minimum absolute atomic E-state index is 0.0923. The number of esters is 2. The molecule has 3 N–H and O–H groups in total. The zero-order chi connectivity index (χ0) is 27.6. The van der Waals surface area contributed by atoms with Crippen LogP contribution in [-0.4, -0.2) is 48.6 Å². The second kappa shape index (κ2) is 14.1. The average molecular weight is 620 g/mol. The van der Waals surface area contributed by atoms with Crippen LogP contribution in [0.4, 0.5) is 5.69 Å². The van der Waals surface area contributed by atoms with Crippen LogP contribution in [0.2, 0.25) is 5.02 Å². The van der Waals surface area contributed by atoms with Gasteiger partial charge in [0.15, 0.2) is 6.73 Å². The van der Waals surface area contributed by atoms with Gasteiger partial charge in [-0.2, -0.15) is 4.72 Å². The van der Waals surface area contributed by atoms with Crippen LogP contribution in [0.3, 0.4) is 0 Å². The normalized spacial score (nSPS) is 11.7. The zero-order valence-corrected chi connectivity index (χ0v) is 22.8. The number of unbranched alkanes of at least 4 members (excludes halogenated alkanes) is 1. The Morgan fingerprint density at radius 2 is 1.78 bits per heavy atom. The fourth-order valence-corrected chi connectivity index (χ4v) is 4.37. The second-order valence-corrected chi connectivity index (χ2v) is 12.0. The molecule has 2 aromatic rings. The van der Waals surface area contributed by atoms with Crippen LogP contribution < -0.4 is 10.0 Å². The molecule has 0 saturated carbocycles. The summed E-state index contributed by atoms with van der Waals surface area (Å²) in [5.41, 5.74) is -0.122. The summed E-state index contributed by atoms with van der Waals surface area (Å²) < 4.78 is 40.8. The first-order chi connectivity index (χ1) is 17.3. The molecule has 16 heteroatoms. The molecule has 0 bridgehead atoms. The van der Waals surface area contributed by atoms with E-state index in [4.69, 9.17) is 65.4 Å². The first kappa shape index (κ1) is 31.0. The quantitative estimate of drug-likeness (QED) is 0.119. The summed E-state index contributed by atoms with van der Waals surface area (Å²) in [5.74, 6) is -2.21. The number of anilines is 1. The van der Waals surface area contributed by atoms with Crippen molar-refractivity contribution in [3.8, 4) is 0 Å². The molecule has 0 spiro atoms. The number of carbonyl (C=O) groups is 3. The molecule has 0 unspecified atom stereocenters. The minimum atomic E-state index is -4.37. The lowest BCUT2D eigenvalue weighted by molar-refractivity contribution is -0.144. The summed E-state index contributed by atoms with van der Waals surface area (Å²) in [4.78, 5) is 34.4. The third kappa shape index (κ3) is 11.0. The summed E-state index contributed by atoms with van der Waals surface area (Å²) in [6, 6.07) is 5.49. The largest absolute Gasteiger partial charge is 0.481 e. The highest BCUT2D eigenvalue weighted by Crippen LogP contribution is 2.31. The van der Waals surface area contributed by atoms with Crippen molar-refractivity contribution in [2.45, 2.75) is 40.9 Å². The van der Waals surface area contributed by atoms with Gasteiger partial charge in [0.25, 0.3) is 0 Å². The van der Waals surface area contributed by atoms with E-state index in [0.717, 1.165) is 6.07 Å².